The summed E-state index contributed by atoms with van der Waals surface area (Å²) in [5.41, 5.74) is 4.31. The average molecular weight is 551 g/mol. The molecule has 0 heterocycles. The molecule has 6 nitrogen and oxygen atoms in total. The summed E-state index contributed by atoms with van der Waals surface area (Å²) in [6.45, 7) is 6.23. The number of urea groups is 1. The lowest BCUT2D eigenvalue weighted by Crippen LogP contribution is -2.43. The van der Waals surface area contributed by atoms with Crippen molar-refractivity contribution < 1.29 is 19.1 Å². The Morgan fingerprint density at radius 2 is 1.29 bits per heavy atom. The Morgan fingerprint density at radius 3 is 1.90 bits per heavy atom. The Morgan fingerprint density at radius 1 is 0.683 bits per heavy atom. The van der Waals surface area contributed by atoms with Crippen LogP contribution in [0.5, 0.6) is 5.75 Å². The number of ether oxygens (including phenoxy) is 2. The first-order chi connectivity index (χ1) is 20.1. The van der Waals surface area contributed by atoms with Crippen molar-refractivity contribution in [3.05, 3.63) is 131 Å². The minimum atomic E-state index is -0.378. The van der Waals surface area contributed by atoms with Gasteiger partial charge in [-0.15, -0.1) is 0 Å². The van der Waals surface area contributed by atoms with Gasteiger partial charge in [0.2, 0.25) is 0 Å². The normalized spacial score (nSPS) is 10.6. The number of anilines is 1. The van der Waals surface area contributed by atoms with Crippen molar-refractivity contribution >= 4 is 17.7 Å². The molecule has 0 bridgehead atoms. The van der Waals surface area contributed by atoms with Gasteiger partial charge in [0.15, 0.2) is 0 Å². The molecule has 6 heteroatoms. The number of carbonyl (C=O) groups is 2. The van der Waals surface area contributed by atoms with Crippen LogP contribution in [-0.4, -0.2) is 30.1 Å². The highest BCUT2D eigenvalue weighted by atomic mass is 16.5. The van der Waals surface area contributed by atoms with E-state index >= 15 is 0 Å². The third-order valence-electron chi connectivity index (χ3n) is 6.70. The molecule has 212 valence electrons. The van der Waals surface area contributed by atoms with Crippen molar-refractivity contribution in [1.82, 2.24) is 4.90 Å². The van der Waals surface area contributed by atoms with E-state index in [0.29, 0.717) is 44.1 Å². The van der Waals surface area contributed by atoms with Crippen molar-refractivity contribution in [2.45, 2.75) is 46.4 Å². The third kappa shape index (κ3) is 8.70. The monoisotopic (exact) mass is 550 g/mol. The lowest BCUT2D eigenvalue weighted by molar-refractivity contribution is 0.0526. The van der Waals surface area contributed by atoms with Gasteiger partial charge in [0.1, 0.15) is 12.4 Å². The van der Waals surface area contributed by atoms with E-state index in [1.54, 1.807) is 24.0 Å². The SMILES string of the molecule is CCCCN(Cc1ccccc1)C(=O)N(Cc1ccc(OCc2ccccc2)cc1)c1ccc(C(=O)OCC)cc1. The first-order valence-corrected chi connectivity index (χ1v) is 14.2. The molecule has 0 aromatic heterocycles. The second-order valence-corrected chi connectivity index (χ2v) is 9.81. The molecular formula is C35H38N2O4. The van der Waals surface area contributed by atoms with Crippen molar-refractivity contribution in [3.63, 3.8) is 0 Å². The molecule has 4 aromatic carbocycles. The molecule has 0 N–H and O–H groups in total. The van der Waals surface area contributed by atoms with Crippen LogP contribution in [0.4, 0.5) is 10.5 Å². The zero-order valence-electron chi connectivity index (χ0n) is 23.9. The highest BCUT2D eigenvalue weighted by Gasteiger charge is 2.23. The van der Waals surface area contributed by atoms with Crippen LogP contribution in [0.2, 0.25) is 0 Å². The van der Waals surface area contributed by atoms with Crippen LogP contribution in [0, 0.1) is 0 Å². The predicted molar refractivity (Wildman–Crippen MR) is 163 cm³/mol. The van der Waals surface area contributed by atoms with E-state index in [4.69, 9.17) is 9.47 Å². The van der Waals surface area contributed by atoms with Gasteiger partial charge in [-0.05, 0) is 66.4 Å². The van der Waals surface area contributed by atoms with Gasteiger partial charge in [0.05, 0.1) is 18.7 Å². The molecule has 0 fully saturated rings. The standard InChI is InChI=1S/C35H38N2O4/c1-3-5-24-36(25-28-12-8-6-9-13-28)35(39)37(32-20-18-31(19-21-32)34(38)40-4-2)26-29-16-22-33(23-17-29)41-27-30-14-10-7-11-15-30/h6-23H,3-5,24-27H2,1-2H3. The van der Waals surface area contributed by atoms with Gasteiger partial charge in [-0.25, -0.2) is 9.59 Å². The summed E-state index contributed by atoms with van der Waals surface area (Å²) >= 11 is 0. The summed E-state index contributed by atoms with van der Waals surface area (Å²) in [6, 6.07) is 34.9. The molecule has 0 unspecified atom stereocenters. The highest BCUT2D eigenvalue weighted by Crippen LogP contribution is 2.23. The van der Waals surface area contributed by atoms with E-state index in [2.05, 4.69) is 6.92 Å². The molecule has 0 spiro atoms. The fraction of sp³-hybridized carbons (Fsp3) is 0.257. The fourth-order valence-corrected chi connectivity index (χ4v) is 4.44. The largest absolute Gasteiger partial charge is 0.489 e. The molecular weight excluding hydrogens is 512 g/mol. The molecule has 2 amide bonds. The number of hydrogen-bond donors (Lipinski definition) is 0. The maximum Gasteiger partial charge on any atom is 0.338 e. The van der Waals surface area contributed by atoms with Gasteiger partial charge in [-0.3, -0.25) is 4.90 Å². The first kappa shape index (κ1) is 29.4. The smallest absolute Gasteiger partial charge is 0.338 e. The minimum Gasteiger partial charge on any atom is -0.489 e. The second-order valence-electron chi connectivity index (χ2n) is 9.81. The molecule has 0 saturated heterocycles. The lowest BCUT2D eigenvalue weighted by atomic mass is 10.1. The molecule has 4 aromatic rings. The molecule has 0 aliphatic carbocycles. The van der Waals surface area contributed by atoms with E-state index in [9.17, 15) is 9.59 Å². The summed E-state index contributed by atoms with van der Waals surface area (Å²) in [6.07, 6.45) is 1.89. The highest BCUT2D eigenvalue weighted by molar-refractivity contribution is 5.94. The van der Waals surface area contributed by atoms with Crippen LogP contribution in [0.25, 0.3) is 0 Å². The summed E-state index contributed by atoms with van der Waals surface area (Å²) in [5.74, 6) is 0.389. The number of rotatable bonds is 13. The maximum atomic E-state index is 14.1. The van der Waals surface area contributed by atoms with Crippen molar-refractivity contribution in [1.29, 1.82) is 0 Å². The predicted octanol–water partition coefficient (Wildman–Crippen LogP) is 7.87. The Balaban J connectivity index is 1.56. The number of carbonyl (C=O) groups excluding carboxylic acids is 2. The quantitative estimate of drug-likeness (QED) is 0.159. The molecule has 41 heavy (non-hydrogen) atoms. The molecule has 0 radical (unpaired) electrons. The third-order valence-corrected chi connectivity index (χ3v) is 6.70. The number of benzene rings is 4. The lowest BCUT2D eigenvalue weighted by Gasteiger charge is -2.31. The molecule has 4 rings (SSSR count). The Kier molecular flexibility index (Phi) is 11.0. The Labute approximate surface area is 243 Å². The summed E-state index contributed by atoms with van der Waals surface area (Å²) in [7, 11) is 0. The van der Waals surface area contributed by atoms with E-state index in [1.165, 1.54) is 0 Å². The van der Waals surface area contributed by atoms with Crippen LogP contribution in [0.15, 0.2) is 109 Å². The van der Waals surface area contributed by atoms with Gasteiger partial charge in [0.25, 0.3) is 0 Å². The Hall–Kier alpha value is -4.58. The van der Waals surface area contributed by atoms with Crippen LogP contribution in [0.1, 0.15) is 53.7 Å². The van der Waals surface area contributed by atoms with Gasteiger partial charge in [-0.1, -0.05) is 86.1 Å². The summed E-state index contributed by atoms with van der Waals surface area (Å²) in [4.78, 5) is 30.0. The van der Waals surface area contributed by atoms with Crippen molar-refractivity contribution in [2.75, 3.05) is 18.1 Å². The summed E-state index contributed by atoms with van der Waals surface area (Å²) < 4.78 is 11.1. The average Bonchev–Trinajstić information content (AvgIpc) is 3.02. The number of hydrogen-bond acceptors (Lipinski definition) is 4. The first-order valence-electron chi connectivity index (χ1n) is 14.2. The van der Waals surface area contributed by atoms with E-state index in [1.807, 2.05) is 102 Å². The second kappa shape index (κ2) is 15.3. The maximum absolute atomic E-state index is 14.1. The van der Waals surface area contributed by atoms with Crippen molar-refractivity contribution in [2.24, 2.45) is 0 Å². The molecule has 0 aliphatic heterocycles. The van der Waals surface area contributed by atoms with E-state index in [-0.39, 0.29) is 12.0 Å². The molecule has 0 aliphatic rings. The van der Waals surface area contributed by atoms with Crippen LogP contribution >= 0.6 is 0 Å². The minimum absolute atomic E-state index is 0.0874. The topological polar surface area (TPSA) is 59.1 Å². The number of nitrogens with zero attached hydrogens (tertiary/aromatic N) is 2. The van der Waals surface area contributed by atoms with Gasteiger partial charge in [0, 0.05) is 18.8 Å². The van der Waals surface area contributed by atoms with Gasteiger partial charge >= 0.3 is 12.0 Å². The van der Waals surface area contributed by atoms with Gasteiger partial charge < -0.3 is 14.4 Å². The van der Waals surface area contributed by atoms with Crippen molar-refractivity contribution in [3.8, 4) is 5.75 Å². The zero-order chi connectivity index (χ0) is 28.9. The van der Waals surface area contributed by atoms with E-state index in [0.717, 1.165) is 35.3 Å². The van der Waals surface area contributed by atoms with Crippen LogP contribution in [-0.2, 0) is 24.4 Å². The van der Waals surface area contributed by atoms with Crippen LogP contribution < -0.4 is 9.64 Å². The van der Waals surface area contributed by atoms with Gasteiger partial charge in [-0.2, -0.15) is 0 Å². The fourth-order valence-electron chi connectivity index (χ4n) is 4.44. The van der Waals surface area contributed by atoms with Crippen LogP contribution in [0.3, 0.4) is 0 Å². The Bertz CT molecular complexity index is 1360. The number of esters is 1. The molecule has 0 saturated carbocycles. The zero-order valence-corrected chi connectivity index (χ0v) is 23.9. The number of amides is 2. The van der Waals surface area contributed by atoms with E-state index < -0.39 is 0 Å². The number of unbranched alkanes of at least 4 members (excludes halogenated alkanes) is 1. The molecule has 0 atom stereocenters. The summed E-state index contributed by atoms with van der Waals surface area (Å²) in [5, 5.41) is 0.